The first-order valence-electron chi connectivity index (χ1n) is 5.46. The fourth-order valence-corrected chi connectivity index (χ4v) is 2.51. The fraction of sp³-hybridized carbons (Fsp3) is 0.538. The molecule has 1 aliphatic rings. The Bertz CT molecular complexity index is 315. The molecule has 0 N–H and O–H groups in total. The molecule has 1 nitrogen and oxygen atoms in total. The largest absolute Gasteiger partial charge is 0.369 e. The molecule has 1 fully saturated rings. The minimum atomic E-state index is 0.237. The molecular weight excluding hydrogens is 299 g/mol. The van der Waals surface area contributed by atoms with E-state index in [1.807, 2.05) is 0 Å². The number of hydrogen-bond donors (Lipinski definition) is 0. The molecule has 2 atom stereocenters. The molecule has 15 heavy (non-hydrogen) atoms. The Labute approximate surface area is 105 Å². The lowest BCUT2D eigenvalue weighted by Crippen LogP contribution is -2.28. The first-order chi connectivity index (χ1) is 7.07. The highest BCUT2D eigenvalue weighted by Crippen LogP contribution is 2.40. The fourth-order valence-electron chi connectivity index (χ4n) is 2.06. The van der Waals surface area contributed by atoms with E-state index in [0.717, 1.165) is 6.42 Å². The summed E-state index contributed by atoms with van der Waals surface area (Å²) in [7, 11) is 0. The Hall–Kier alpha value is -0.0900. The Morgan fingerprint density at radius 3 is 2.40 bits per heavy atom. The van der Waals surface area contributed by atoms with Gasteiger partial charge in [0, 0.05) is 3.42 Å². The van der Waals surface area contributed by atoms with Crippen LogP contribution in [0.4, 0.5) is 0 Å². The van der Waals surface area contributed by atoms with Crippen molar-refractivity contribution >= 4 is 22.6 Å². The van der Waals surface area contributed by atoms with Gasteiger partial charge in [0.05, 0.1) is 12.2 Å². The van der Waals surface area contributed by atoms with Gasteiger partial charge in [0.2, 0.25) is 0 Å². The van der Waals surface area contributed by atoms with Gasteiger partial charge in [-0.1, -0.05) is 52.9 Å². The first kappa shape index (κ1) is 11.4. The summed E-state index contributed by atoms with van der Waals surface area (Å²) in [4.78, 5) is 0. The van der Waals surface area contributed by atoms with Crippen molar-refractivity contribution in [2.75, 3.05) is 0 Å². The number of alkyl halides is 1. The van der Waals surface area contributed by atoms with Crippen LogP contribution in [0.15, 0.2) is 30.3 Å². The van der Waals surface area contributed by atoms with Crippen LogP contribution in [0.1, 0.15) is 38.4 Å². The van der Waals surface area contributed by atoms with Crippen LogP contribution in [0.5, 0.6) is 0 Å². The van der Waals surface area contributed by atoms with Crippen molar-refractivity contribution in [2.24, 2.45) is 0 Å². The lowest BCUT2D eigenvalue weighted by Gasteiger charge is -2.25. The highest BCUT2D eigenvalue weighted by Gasteiger charge is 2.35. The lowest BCUT2D eigenvalue weighted by atomic mass is 10.0. The number of ether oxygens (including phenoxy) is 1. The second kappa shape index (κ2) is 4.42. The van der Waals surface area contributed by atoms with Crippen LogP contribution in [0.25, 0.3) is 0 Å². The second-order valence-corrected chi connectivity index (χ2v) is 7.45. The number of rotatable bonds is 2. The average Bonchev–Trinajstić information content (AvgIpc) is 2.67. The quantitative estimate of drug-likeness (QED) is 0.589. The van der Waals surface area contributed by atoms with E-state index in [0.29, 0.717) is 12.2 Å². The SMILES string of the molecule is CC(C)(I)[C@@H]1CC[C@H](c2ccccc2)O1. The summed E-state index contributed by atoms with van der Waals surface area (Å²) in [5.41, 5.74) is 1.32. The van der Waals surface area contributed by atoms with Crippen LogP contribution < -0.4 is 0 Å². The van der Waals surface area contributed by atoms with Gasteiger partial charge in [0.1, 0.15) is 0 Å². The monoisotopic (exact) mass is 316 g/mol. The van der Waals surface area contributed by atoms with Crippen molar-refractivity contribution in [3.63, 3.8) is 0 Å². The number of hydrogen-bond acceptors (Lipinski definition) is 1. The molecule has 1 saturated heterocycles. The van der Waals surface area contributed by atoms with E-state index in [9.17, 15) is 0 Å². The van der Waals surface area contributed by atoms with Gasteiger partial charge >= 0.3 is 0 Å². The third-order valence-corrected chi connectivity index (χ3v) is 3.65. The minimum absolute atomic E-state index is 0.237. The van der Waals surface area contributed by atoms with Crippen LogP contribution in [0.3, 0.4) is 0 Å². The van der Waals surface area contributed by atoms with Gasteiger partial charge in [-0.3, -0.25) is 0 Å². The normalized spacial score (nSPS) is 26.9. The summed E-state index contributed by atoms with van der Waals surface area (Å²) in [6.45, 7) is 4.48. The molecule has 0 aliphatic carbocycles. The zero-order chi connectivity index (χ0) is 10.9. The van der Waals surface area contributed by atoms with Gasteiger partial charge in [-0.25, -0.2) is 0 Å². The molecule has 0 aromatic heterocycles. The minimum Gasteiger partial charge on any atom is -0.369 e. The van der Waals surface area contributed by atoms with Gasteiger partial charge in [0.15, 0.2) is 0 Å². The van der Waals surface area contributed by atoms with Crippen LogP contribution in [0.2, 0.25) is 0 Å². The molecule has 1 aromatic rings. The maximum atomic E-state index is 6.10. The van der Waals surface area contributed by atoms with Gasteiger partial charge in [0.25, 0.3) is 0 Å². The molecule has 82 valence electrons. The lowest BCUT2D eigenvalue weighted by molar-refractivity contribution is 0.0319. The molecule has 1 aliphatic heterocycles. The van der Waals surface area contributed by atoms with Gasteiger partial charge < -0.3 is 4.74 Å². The topological polar surface area (TPSA) is 9.23 Å². The third kappa shape index (κ3) is 2.72. The van der Waals surface area contributed by atoms with E-state index in [1.165, 1.54) is 12.0 Å². The molecular formula is C13H17IO. The predicted molar refractivity (Wildman–Crippen MR) is 71.4 cm³/mol. The summed E-state index contributed by atoms with van der Waals surface area (Å²) in [5, 5.41) is 0. The van der Waals surface area contributed by atoms with Crippen LogP contribution in [-0.4, -0.2) is 9.53 Å². The van der Waals surface area contributed by atoms with Crippen molar-refractivity contribution in [3.8, 4) is 0 Å². The van der Waals surface area contributed by atoms with Crippen LogP contribution in [-0.2, 0) is 4.74 Å². The molecule has 1 aromatic carbocycles. The molecule has 0 amide bonds. The van der Waals surface area contributed by atoms with E-state index in [4.69, 9.17) is 4.74 Å². The maximum absolute atomic E-state index is 6.10. The van der Waals surface area contributed by atoms with Gasteiger partial charge in [-0.2, -0.15) is 0 Å². The molecule has 2 rings (SSSR count). The summed E-state index contributed by atoms with van der Waals surface area (Å²) in [6.07, 6.45) is 3.03. The summed E-state index contributed by atoms with van der Waals surface area (Å²) >= 11 is 2.48. The molecule has 2 heteroatoms. The molecule has 1 heterocycles. The van der Waals surface area contributed by atoms with E-state index >= 15 is 0 Å². The van der Waals surface area contributed by atoms with Crippen molar-refractivity contribution in [2.45, 2.75) is 42.3 Å². The summed E-state index contributed by atoms with van der Waals surface area (Å²) < 4.78 is 6.34. The highest BCUT2D eigenvalue weighted by atomic mass is 127. The smallest absolute Gasteiger partial charge is 0.0830 e. The van der Waals surface area contributed by atoms with Crippen LogP contribution in [0, 0.1) is 0 Å². The van der Waals surface area contributed by atoms with Gasteiger partial charge in [-0.05, 0) is 32.3 Å². The van der Waals surface area contributed by atoms with Crippen molar-refractivity contribution in [1.82, 2.24) is 0 Å². The molecule has 0 saturated carbocycles. The Morgan fingerprint density at radius 2 is 1.87 bits per heavy atom. The van der Waals surface area contributed by atoms with E-state index in [2.05, 4.69) is 66.8 Å². The van der Waals surface area contributed by atoms with E-state index in [-0.39, 0.29) is 3.42 Å². The Morgan fingerprint density at radius 1 is 1.20 bits per heavy atom. The molecule has 0 unspecified atom stereocenters. The predicted octanol–water partition coefficient (Wildman–Crippen LogP) is 4.12. The van der Waals surface area contributed by atoms with Crippen molar-refractivity contribution in [3.05, 3.63) is 35.9 Å². The zero-order valence-corrected chi connectivity index (χ0v) is 11.4. The van der Waals surface area contributed by atoms with Crippen molar-refractivity contribution in [1.29, 1.82) is 0 Å². The second-order valence-electron chi connectivity index (χ2n) is 4.67. The summed E-state index contributed by atoms with van der Waals surface area (Å²) in [6, 6.07) is 10.5. The Balaban J connectivity index is 2.05. The van der Waals surface area contributed by atoms with E-state index in [1.54, 1.807) is 0 Å². The number of halogens is 1. The molecule has 0 bridgehead atoms. The zero-order valence-electron chi connectivity index (χ0n) is 9.24. The number of benzene rings is 1. The average molecular weight is 316 g/mol. The van der Waals surface area contributed by atoms with Crippen LogP contribution >= 0.6 is 22.6 Å². The van der Waals surface area contributed by atoms with E-state index < -0.39 is 0 Å². The Kier molecular flexibility index (Phi) is 3.36. The standard InChI is InChI=1S/C13H17IO/c1-13(2,14)12-9-8-11(15-12)10-6-4-3-5-7-10/h3-7,11-12H,8-9H2,1-2H3/t11-,12+/m1/s1. The highest BCUT2D eigenvalue weighted by molar-refractivity contribution is 14.1. The first-order valence-corrected chi connectivity index (χ1v) is 6.54. The maximum Gasteiger partial charge on any atom is 0.0830 e. The summed E-state index contributed by atoms with van der Waals surface area (Å²) in [5.74, 6) is 0. The van der Waals surface area contributed by atoms with Crippen molar-refractivity contribution < 1.29 is 4.74 Å². The van der Waals surface area contributed by atoms with Gasteiger partial charge in [-0.15, -0.1) is 0 Å². The molecule has 0 radical (unpaired) electrons. The molecule has 0 spiro atoms. The third-order valence-electron chi connectivity index (χ3n) is 2.96.